The summed E-state index contributed by atoms with van der Waals surface area (Å²) in [6.07, 6.45) is 0. The fourth-order valence-corrected chi connectivity index (χ4v) is 11.3. The van der Waals surface area contributed by atoms with E-state index in [0.717, 1.165) is 68.0 Å². The second-order valence-corrected chi connectivity index (χ2v) is 21.2. The third-order valence-electron chi connectivity index (χ3n) is 12.2. The van der Waals surface area contributed by atoms with Gasteiger partial charge in [0.2, 0.25) is 0 Å². The highest BCUT2D eigenvalue weighted by Crippen LogP contribution is 2.57. The number of fused-ring (bicyclic) bond motifs is 3. The average Bonchev–Trinajstić information content (AvgIpc) is 3.49. The Hall–Kier alpha value is -4.36. The molecule has 0 saturated heterocycles. The van der Waals surface area contributed by atoms with Gasteiger partial charge < -0.3 is 5.11 Å². The summed E-state index contributed by atoms with van der Waals surface area (Å²) < 4.78 is 4.17. The summed E-state index contributed by atoms with van der Waals surface area (Å²) in [4.78, 5) is 0. The Morgan fingerprint density at radius 1 is 0.349 bits per heavy atom. The number of aliphatic hydroxyl groups is 1. The van der Waals surface area contributed by atoms with Gasteiger partial charge in [0.1, 0.15) is 5.60 Å². The first-order valence-corrected chi connectivity index (χ1v) is 24.4. The third kappa shape index (κ3) is 8.77. The van der Waals surface area contributed by atoms with Gasteiger partial charge in [-0.15, -0.1) is 0 Å². The minimum absolute atomic E-state index is 0.369. The second-order valence-electron chi connectivity index (χ2n) is 17.5. The van der Waals surface area contributed by atoms with Crippen LogP contribution in [0.4, 0.5) is 0 Å². The zero-order valence-corrected chi connectivity index (χ0v) is 43.2. The lowest BCUT2D eigenvalue weighted by atomic mass is 9.66. The van der Waals surface area contributed by atoms with Crippen molar-refractivity contribution in [3.05, 3.63) is 253 Å². The maximum atomic E-state index is 12.7. The molecule has 8 aromatic carbocycles. The zero-order valence-electron chi connectivity index (χ0n) is 36.9. The number of aryl methyl sites for hydroxylation is 8. The molecule has 0 atom stereocenters. The SMILES string of the molecule is Cc1cc(C)cc(C(O)(c2cc(C)cc(C)c2)c2cc(Br)ccc2-c2ccc(Br)cc2)c1.Cc1cc(C)cc(C2(c3cc(C)cc(C)c3)c3cc(Br)ccc3-c3ccc(Br)cc32)c1. The molecular formula is C58H50Br4O. The van der Waals surface area contributed by atoms with Crippen LogP contribution in [0.25, 0.3) is 22.3 Å². The van der Waals surface area contributed by atoms with Crippen LogP contribution in [0.5, 0.6) is 0 Å². The molecule has 1 aliphatic rings. The molecule has 0 aromatic heterocycles. The molecule has 0 radical (unpaired) electrons. The Kier molecular flexibility index (Phi) is 12.8. The first-order valence-electron chi connectivity index (χ1n) is 21.2. The Labute approximate surface area is 407 Å². The van der Waals surface area contributed by atoms with Gasteiger partial charge in [0, 0.05) is 23.5 Å². The monoisotopic (exact) mass is 1080 g/mol. The lowest BCUT2D eigenvalue weighted by molar-refractivity contribution is 0.126. The molecule has 0 bridgehead atoms. The van der Waals surface area contributed by atoms with Crippen LogP contribution in [0.1, 0.15) is 83.5 Å². The van der Waals surface area contributed by atoms with Crippen LogP contribution < -0.4 is 0 Å². The van der Waals surface area contributed by atoms with E-state index in [1.165, 1.54) is 55.6 Å². The van der Waals surface area contributed by atoms with E-state index in [1.54, 1.807) is 0 Å². The van der Waals surface area contributed by atoms with Gasteiger partial charge in [-0.1, -0.05) is 211 Å². The quantitative estimate of drug-likeness (QED) is 0.165. The van der Waals surface area contributed by atoms with Gasteiger partial charge in [0.05, 0.1) is 5.41 Å². The number of benzene rings is 8. The Morgan fingerprint density at radius 2 is 0.667 bits per heavy atom. The molecule has 0 amide bonds. The lowest BCUT2D eigenvalue weighted by Gasteiger charge is -2.35. The Bertz CT molecular complexity index is 2810. The van der Waals surface area contributed by atoms with Crippen molar-refractivity contribution in [2.75, 3.05) is 0 Å². The minimum Gasteiger partial charge on any atom is -0.376 e. The molecule has 0 aliphatic heterocycles. The molecule has 0 fully saturated rings. The van der Waals surface area contributed by atoms with Crippen LogP contribution in [-0.2, 0) is 11.0 Å². The fraction of sp³-hybridized carbons (Fsp3) is 0.172. The Balaban J connectivity index is 0.000000173. The van der Waals surface area contributed by atoms with Gasteiger partial charge in [0.15, 0.2) is 0 Å². The standard InChI is InChI=1S/C29H26Br2O.C29H24Br2/c1-18-11-19(2)14-23(13-18)29(32,24-15-20(3)12-21(4)16-24)28-17-26(31)9-10-27(28)22-5-7-25(30)8-6-22;1-17-9-18(2)12-21(11-17)29(22-13-19(3)10-20(4)14-22)27-15-23(30)5-7-25(27)26-8-6-24(31)16-28(26)29/h5-17,32H,1-4H3;5-16H,1-4H3. The minimum atomic E-state index is -1.32. The van der Waals surface area contributed by atoms with Crippen molar-refractivity contribution in [3.63, 3.8) is 0 Å². The maximum absolute atomic E-state index is 12.7. The number of hydrogen-bond donors (Lipinski definition) is 1. The molecule has 5 heteroatoms. The van der Waals surface area contributed by atoms with Crippen molar-refractivity contribution in [2.24, 2.45) is 0 Å². The largest absolute Gasteiger partial charge is 0.376 e. The van der Waals surface area contributed by atoms with E-state index in [1.807, 2.05) is 24.3 Å². The molecule has 0 unspecified atom stereocenters. The van der Waals surface area contributed by atoms with Crippen molar-refractivity contribution >= 4 is 63.7 Å². The van der Waals surface area contributed by atoms with E-state index >= 15 is 0 Å². The molecule has 1 N–H and O–H groups in total. The normalized spacial score (nSPS) is 12.7. The first kappa shape index (κ1) is 45.2. The summed E-state index contributed by atoms with van der Waals surface area (Å²) in [5.74, 6) is 0. The molecule has 63 heavy (non-hydrogen) atoms. The number of rotatable bonds is 6. The summed E-state index contributed by atoms with van der Waals surface area (Å²) in [6, 6.07) is 54.5. The molecule has 0 spiro atoms. The topological polar surface area (TPSA) is 20.2 Å². The highest BCUT2D eigenvalue weighted by atomic mass is 79.9. The highest BCUT2D eigenvalue weighted by molar-refractivity contribution is 9.11. The summed E-state index contributed by atoms with van der Waals surface area (Å²) in [6.45, 7) is 17.1. The summed E-state index contributed by atoms with van der Waals surface area (Å²) in [5, 5.41) is 12.7. The van der Waals surface area contributed by atoms with E-state index in [9.17, 15) is 5.11 Å². The summed E-state index contributed by atoms with van der Waals surface area (Å²) in [5.41, 5.74) is 20.6. The van der Waals surface area contributed by atoms with Gasteiger partial charge in [0.25, 0.3) is 0 Å². The van der Waals surface area contributed by atoms with E-state index in [0.29, 0.717) is 0 Å². The van der Waals surface area contributed by atoms with Crippen LogP contribution >= 0.6 is 63.7 Å². The molecule has 8 aromatic rings. The fourth-order valence-electron chi connectivity index (χ4n) is 9.98. The van der Waals surface area contributed by atoms with Crippen molar-refractivity contribution < 1.29 is 5.11 Å². The predicted octanol–water partition coefficient (Wildman–Crippen LogP) is 17.2. The molecule has 0 saturated carbocycles. The Morgan fingerprint density at radius 3 is 1.05 bits per heavy atom. The molecule has 0 heterocycles. The first-order chi connectivity index (χ1) is 29.9. The van der Waals surface area contributed by atoms with E-state index in [4.69, 9.17) is 0 Å². The van der Waals surface area contributed by atoms with Crippen LogP contribution in [-0.4, -0.2) is 5.11 Å². The van der Waals surface area contributed by atoms with Crippen LogP contribution in [0, 0.1) is 55.4 Å². The van der Waals surface area contributed by atoms with Crippen molar-refractivity contribution in [1.29, 1.82) is 0 Å². The smallest absolute Gasteiger partial charge is 0.141 e. The van der Waals surface area contributed by atoms with Gasteiger partial charge in [-0.05, 0) is 160 Å². The molecule has 1 nitrogen and oxygen atoms in total. The van der Waals surface area contributed by atoms with Crippen LogP contribution in [0.3, 0.4) is 0 Å². The zero-order chi connectivity index (χ0) is 45.0. The second kappa shape index (κ2) is 17.9. The number of halogens is 4. The van der Waals surface area contributed by atoms with E-state index < -0.39 is 5.60 Å². The van der Waals surface area contributed by atoms with E-state index in [-0.39, 0.29) is 5.41 Å². The number of hydrogen-bond acceptors (Lipinski definition) is 1. The van der Waals surface area contributed by atoms with Crippen LogP contribution in [0.15, 0.2) is 170 Å². The maximum Gasteiger partial charge on any atom is 0.141 e. The molecular weight excluding hydrogens is 1030 g/mol. The van der Waals surface area contributed by atoms with Gasteiger partial charge in [-0.25, -0.2) is 0 Å². The summed E-state index contributed by atoms with van der Waals surface area (Å²) in [7, 11) is 0. The van der Waals surface area contributed by atoms with Crippen molar-refractivity contribution in [3.8, 4) is 22.3 Å². The molecule has 1 aliphatic carbocycles. The molecule has 9 rings (SSSR count). The van der Waals surface area contributed by atoms with Gasteiger partial charge in [-0.3, -0.25) is 0 Å². The predicted molar refractivity (Wildman–Crippen MR) is 279 cm³/mol. The highest BCUT2D eigenvalue weighted by Gasteiger charge is 2.47. The molecule has 316 valence electrons. The summed E-state index contributed by atoms with van der Waals surface area (Å²) >= 11 is 14.7. The lowest BCUT2D eigenvalue weighted by Crippen LogP contribution is -2.30. The van der Waals surface area contributed by atoms with Gasteiger partial charge >= 0.3 is 0 Å². The third-order valence-corrected chi connectivity index (χ3v) is 14.2. The van der Waals surface area contributed by atoms with Crippen LogP contribution in [0.2, 0.25) is 0 Å². The average molecular weight is 1080 g/mol. The van der Waals surface area contributed by atoms with Crippen molar-refractivity contribution in [2.45, 2.75) is 66.4 Å². The van der Waals surface area contributed by atoms with Gasteiger partial charge in [-0.2, -0.15) is 0 Å². The van der Waals surface area contributed by atoms with Crippen molar-refractivity contribution in [1.82, 2.24) is 0 Å². The van der Waals surface area contributed by atoms with E-state index in [2.05, 4.69) is 247 Å².